The average molecular weight is 469 g/mol. The van der Waals surface area contributed by atoms with Crippen LogP contribution in [0.3, 0.4) is 0 Å². The summed E-state index contributed by atoms with van der Waals surface area (Å²) < 4.78 is 7.78. The molecule has 0 fully saturated rings. The molecule has 3 nitrogen and oxygen atoms in total. The first-order valence-corrected chi connectivity index (χ1v) is 17.7. The van der Waals surface area contributed by atoms with Crippen LogP contribution in [0.15, 0.2) is 30.6 Å². The van der Waals surface area contributed by atoms with E-state index < -0.39 is 18.4 Å². The van der Waals surface area contributed by atoms with Gasteiger partial charge < -0.3 is 0 Å². The number of hydrogen-bond donors (Lipinski definition) is 0. The van der Waals surface area contributed by atoms with E-state index in [0.717, 1.165) is 5.02 Å². The summed E-state index contributed by atoms with van der Waals surface area (Å²) in [5, 5.41) is 9.19. The van der Waals surface area contributed by atoms with Gasteiger partial charge in [-0.2, -0.15) is 0 Å². The molecule has 0 bridgehead atoms. The van der Waals surface area contributed by atoms with Crippen molar-refractivity contribution < 1.29 is 0 Å². The standard InChI is InChI=1S/C8H5ClN3.3C4H9.Sn/c9-7-1-3-8(4-2-7)12-6-5-10-11-12;3*1-3-4-2;/h1-3,5-6H;3*1,3-4H2,2H3;. The van der Waals surface area contributed by atoms with Gasteiger partial charge in [0.25, 0.3) is 0 Å². The molecule has 0 saturated carbocycles. The van der Waals surface area contributed by atoms with Gasteiger partial charge in [-0.1, -0.05) is 0 Å². The molecular weight excluding hydrogens is 436 g/mol. The van der Waals surface area contributed by atoms with Crippen LogP contribution in [0.4, 0.5) is 0 Å². The second-order valence-electron chi connectivity index (χ2n) is 7.10. The van der Waals surface area contributed by atoms with Crippen molar-refractivity contribution in [3.63, 3.8) is 0 Å². The molecule has 2 aromatic rings. The second-order valence-corrected chi connectivity index (χ2v) is 20.7. The molecule has 0 aliphatic rings. The molecule has 0 radical (unpaired) electrons. The summed E-state index contributed by atoms with van der Waals surface area (Å²) in [6.07, 6.45) is 11.6. The van der Waals surface area contributed by atoms with E-state index in [9.17, 15) is 0 Å². The summed E-state index contributed by atoms with van der Waals surface area (Å²) in [5.74, 6) is 0. The van der Waals surface area contributed by atoms with Crippen molar-refractivity contribution in [1.82, 2.24) is 15.0 Å². The minimum atomic E-state index is -2.57. The van der Waals surface area contributed by atoms with Crippen LogP contribution in [-0.4, -0.2) is 33.4 Å². The summed E-state index contributed by atoms with van der Waals surface area (Å²) in [6.45, 7) is 6.94. The van der Waals surface area contributed by atoms with E-state index in [1.54, 1.807) is 9.78 Å². The summed E-state index contributed by atoms with van der Waals surface area (Å²) in [7, 11) is 0. The van der Waals surface area contributed by atoms with E-state index in [4.69, 9.17) is 11.6 Å². The maximum atomic E-state index is 6.47. The van der Waals surface area contributed by atoms with Crippen LogP contribution >= 0.6 is 11.6 Å². The Labute approximate surface area is 162 Å². The first-order valence-electron chi connectivity index (χ1n) is 9.83. The van der Waals surface area contributed by atoms with Crippen LogP contribution in [-0.2, 0) is 0 Å². The van der Waals surface area contributed by atoms with Crippen LogP contribution in [0.25, 0.3) is 5.69 Å². The van der Waals surface area contributed by atoms with Gasteiger partial charge in [0.2, 0.25) is 0 Å². The Kier molecular flexibility index (Phi) is 8.77. The van der Waals surface area contributed by atoms with Gasteiger partial charge in [-0.05, 0) is 0 Å². The summed E-state index contributed by atoms with van der Waals surface area (Å²) in [4.78, 5) is 0. The van der Waals surface area contributed by atoms with E-state index in [0.29, 0.717) is 0 Å². The molecule has 0 unspecified atom stereocenters. The second kappa shape index (κ2) is 10.6. The molecule has 0 N–H and O–H groups in total. The van der Waals surface area contributed by atoms with Crippen LogP contribution in [0.1, 0.15) is 59.3 Å². The molecule has 1 aromatic heterocycles. The van der Waals surface area contributed by atoms with E-state index in [1.807, 2.05) is 16.9 Å². The Morgan fingerprint density at radius 2 is 1.56 bits per heavy atom. The number of hydrogen-bond acceptors (Lipinski definition) is 2. The topological polar surface area (TPSA) is 30.7 Å². The van der Waals surface area contributed by atoms with Crippen molar-refractivity contribution in [3.05, 3.63) is 35.6 Å². The number of benzene rings is 1. The molecule has 5 heteroatoms. The molecule has 0 amide bonds. The molecule has 0 saturated heterocycles. The first-order chi connectivity index (χ1) is 12.2. The first kappa shape index (κ1) is 20.8. The van der Waals surface area contributed by atoms with Crippen LogP contribution in [0, 0.1) is 0 Å². The Bertz CT molecular complexity index is 606. The number of rotatable bonds is 11. The molecule has 0 aliphatic heterocycles. The SMILES string of the molecule is CCC[CH2][Sn]([CH2]CCC)([CH2]CCC)[c]1cc(Cl)ccc1-n1ccnn1. The molecule has 1 aromatic carbocycles. The number of unbranched alkanes of at least 4 members (excludes halogenated alkanes) is 3. The van der Waals surface area contributed by atoms with E-state index in [2.05, 4.69) is 43.2 Å². The van der Waals surface area contributed by atoms with Crippen molar-refractivity contribution in [1.29, 1.82) is 0 Å². The monoisotopic (exact) mass is 469 g/mol. The van der Waals surface area contributed by atoms with Crippen molar-refractivity contribution in [2.24, 2.45) is 0 Å². The minimum absolute atomic E-state index is 0.865. The zero-order chi connectivity index (χ0) is 18.1. The zero-order valence-electron chi connectivity index (χ0n) is 16.0. The Hall–Kier alpha value is -0.551. The molecule has 0 atom stereocenters. The molecular formula is C20H32ClN3Sn. The zero-order valence-corrected chi connectivity index (χ0v) is 19.6. The van der Waals surface area contributed by atoms with Crippen LogP contribution < -0.4 is 3.58 Å². The predicted octanol–water partition coefficient (Wildman–Crippen LogP) is 5.98. The van der Waals surface area contributed by atoms with Gasteiger partial charge in [-0.15, -0.1) is 0 Å². The molecule has 0 spiro atoms. The van der Waals surface area contributed by atoms with Crippen molar-refractivity contribution in [2.75, 3.05) is 0 Å². The van der Waals surface area contributed by atoms with Gasteiger partial charge in [-0.25, -0.2) is 0 Å². The quantitative estimate of drug-likeness (QED) is 0.380. The predicted molar refractivity (Wildman–Crippen MR) is 111 cm³/mol. The van der Waals surface area contributed by atoms with Crippen molar-refractivity contribution >= 4 is 33.6 Å². The molecule has 138 valence electrons. The Morgan fingerprint density at radius 3 is 2.04 bits per heavy atom. The van der Waals surface area contributed by atoms with Gasteiger partial charge in [-0.3, -0.25) is 0 Å². The molecule has 2 rings (SSSR count). The third kappa shape index (κ3) is 5.46. The third-order valence-electron chi connectivity index (χ3n) is 5.23. The molecule has 0 aliphatic carbocycles. The van der Waals surface area contributed by atoms with Gasteiger partial charge in [0.15, 0.2) is 0 Å². The van der Waals surface area contributed by atoms with E-state index >= 15 is 0 Å². The van der Waals surface area contributed by atoms with Gasteiger partial charge in [0.05, 0.1) is 0 Å². The van der Waals surface area contributed by atoms with Gasteiger partial charge >= 0.3 is 162 Å². The number of halogens is 1. The molecule has 25 heavy (non-hydrogen) atoms. The van der Waals surface area contributed by atoms with E-state index in [-0.39, 0.29) is 0 Å². The fraction of sp³-hybridized carbons (Fsp3) is 0.600. The molecule has 1 heterocycles. The number of aromatic nitrogens is 3. The summed E-state index contributed by atoms with van der Waals surface area (Å²) in [5.41, 5.74) is 1.22. The average Bonchev–Trinajstić information content (AvgIpc) is 3.16. The fourth-order valence-corrected chi connectivity index (χ4v) is 20.9. The van der Waals surface area contributed by atoms with E-state index in [1.165, 1.54) is 57.5 Å². The summed E-state index contributed by atoms with van der Waals surface area (Å²) in [6, 6.07) is 6.43. The van der Waals surface area contributed by atoms with Crippen LogP contribution in [0.2, 0.25) is 18.3 Å². The van der Waals surface area contributed by atoms with Gasteiger partial charge in [0, 0.05) is 0 Å². The number of nitrogens with zero attached hydrogens (tertiary/aromatic N) is 3. The fourth-order valence-electron chi connectivity index (χ4n) is 3.79. The Balaban J connectivity index is 2.55. The van der Waals surface area contributed by atoms with Crippen molar-refractivity contribution in [2.45, 2.75) is 72.6 Å². The maximum absolute atomic E-state index is 6.47. The van der Waals surface area contributed by atoms with Crippen molar-refractivity contribution in [3.8, 4) is 5.69 Å². The summed E-state index contributed by atoms with van der Waals surface area (Å²) >= 11 is 3.91. The normalized spacial score (nSPS) is 11.8. The third-order valence-corrected chi connectivity index (χ3v) is 21.1. The van der Waals surface area contributed by atoms with Gasteiger partial charge in [0.1, 0.15) is 0 Å². The van der Waals surface area contributed by atoms with Crippen LogP contribution in [0.5, 0.6) is 0 Å². The Morgan fingerprint density at radius 1 is 0.960 bits per heavy atom.